The molecular weight excluding hydrogens is 376 g/mol. The lowest BCUT2D eigenvalue weighted by atomic mass is 10.2. The topological polar surface area (TPSA) is 104 Å². The van der Waals surface area contributed by atoms with Gasteiger partial charge in [-0.2, -0.15) is 5.26 Å². The zero-order valence-electron chi connectivity index (χ0n) is 14.7. The van der Waals surface area contributed by atoms with Crippen LogP contribution in [0, 0.1) is 11.3 Å². The molecule has 0 spiro atoms. The number of anilines is 2. The summed E-state index contributed by atoms with van der Waals surface area (Å²) in [5.41, 5.74) is 2.25. The van der Waals surface area contributed by atoms with Gasteiger partial charge >= 0.3 is 5.97 Å². The number of amides is 1. The number of benzene rings is 2. The van der Waals surface area contributed by atoms with Gasteiger partial charge < -0.3 is 15.4 Å². The number of carbonyl (C=O) groups excluding carboxylic acids is 2. The van der Waals surface area contributed by atoms with Crippen molar-refractivity contribution in [2.75, 3.05) is 17.2 Å². The van der Waals surface area contributed by atoms with Gasteiger partial charge in [-0.1, -0.05) is 30.3 Å². The van der Waals surface area contributed by atoms with E-state index in [0.717, 1.165) is 5.56 Å². The van der Waals surface area contributed by atoms with E-state index in [9.17, 15) is 9.59 Å². The van der Waals surface area contributed by atoms with Gasteiger partial charge in [0, 0.05) is 17.6 Å². The number of aromatic nitrogens is 1. The predicted molar refractivity (Wildman–Crippen MR) is 106 cm³/mol. The molecule has 2 N–H and O–H groups in total. The molecule has 28 heavy (non-hydrogen) atoms. The van der Waals surface area contributed by atoms with Crippen LogP contribution in [-0.4, -0.2) is 23.5 Å². The van der Waals surface area contributed by atoms with Gasteiger partial charge in [-0.05, 0) is 29.8 Å². The molecular formula is C20H16N4O3S. The maximum absolute atomic E-state index is 12.1. The molecule has 0 aliphatic heterocycles. The number of thiazole rings is 1. The Balaban J connectivity index is 1.46. The molecule has 1 amide bonds. The van der Waals surface area contributed by atoms with E-state index in [0.29, 0.717) is 22.9 Å². The second-order valence-corrected chi connectivity index (χ2v) is 6.55. The van der Waals surface area contributed by atoms with Crippen molar-refractivity contribution < 1.29 is 14.3 Å². The van der Waals surface area contributed by atoms with Gasteiger partial charge in [-0.25, -0.2) is 9.78 Å². The van der Waals surface area contributed by atoms with Crippen molar-refractivity contribution in [2.24, 2.45) is 0 Å². The van der Waals surface area contributed by atoms with Crippen molar-refractivity contribution in [1.29, 1.82) is 5.26 Å². The Morgan fingerprint density at radius 2 is 1.86 bits per heavy atom. The van der Waals surface area contributed by atoms with Gasteiger partial charge in [0.1, 0.15) is 0 Å². The quantitative estimate of drug-likeness (QED) is 0.597. The SMILES string of the molecule is N#Cc1ccc(NC(=O)COC(=O)c2csc(NCc3ccccc3)n2)cc1. The highest BCUT2D eigenvalue weighted by Crippen LogP contribution is 2.17. The highest BCUT2D eigenvalue weighted by molar-refractivity contribution is 7.13. The Hall–Kier alpha value is -3.70. The summed E-state index contributed by atoms with van der Waals surface area (Å²) in [6.07, 6.45) is 0. The van der Waals surface area contributed by atoms with Crippen molar-refractivity contribution in [3.63, 3.8) is 0 Å². The highest BCUT2D eigenvalue weighted by atomic mass is 32.1. The first kappa shape index (κ1) is 19.1. The summed E-state index contributed by atoms with van der Waals surface area (Å²) in [6, 6.07) is 18.2. The first-order valence-corrected chi connectivity index (χ1v) is 9.22. The fourth-order valence-electron chi connectivity index (χ4n) is 2.25. The predicted octanol–water partition coefficient (Wildman–Crippen LogP) is 3.42. The van der Waals surface area contributed by atoms with Gasteiger partial charge in [0.05, 0.1) is 11.6 Å². The summed E-state index contributed by atoms with van der Waals surface area (Å²) < 4.78 is 5.00. The molecule has 0 radical (unpaired) electrons. The number of esters is 1. The number of rotatable bonds is 7. The lowest BCUT2D eigenvalue weighted by molar-refractivity contribution is -0.119. The second-order valence-electron chi connectivity index (χ2n) is 5.69. The summed E-state index contributed by atoms with van der Waals surface area (Å²) in [6.45, 7) is 0.166. The maximum atomic E-state index is 12.1. The van der Waals surface area contributed by atoms with Gasteiger partial charge in [0.2, 0.25) is 0 Å². The van der Waals surface area contributed by atoms with Crippen LogP contribution in [0.5, 0.6) is 0 Å². The van der Waals surface area contributed by atoms with E-state index in [1.54, 1.807) is 29.6 Å². The summed E-state index contributed by atoms with van der Waals surface area (Å²) >= 11 is 1.29. The van der Waals surface area contributed by atoms with E-state index >= 15 is 0 Å². The standard InChI is InChI=1S/C20H16N4O3S/c21-10-14-6-8-16(9-7-14)23-18(25)12-27-19(26)17-13-28-20(24-17)22-11-15-4-2-1-3-5-15/h1-9,13H,11-12H2,(H,22,24)(H,23,25). The van der Waals surface area contributed by atoms with E-state index in [1.807, 2.05) is 36.4 Å². The minimum Gasteiger partial charge on any atom is -0.451 e. The number of hydrogen-bond donors (Lipinski definition) is 2. The lowest BCUT2D eigenvalue weighted by Crippen LogP contribution is -2.21. The zero-order valence-corrected chi connectivity index (χ0v) is 15.5. The average Bonchev–Trinajstić information content (AvgIpc) is 3.21. The summed E-state index contributed by atoms with van der Waals surface area (Å²) in [5.74, 6) is -1.14. The maximum Gasteiger partial charge on any atom is 0.358 e. The number of nitrogens with zero attached hydrogens (tertiary/aromatic N) is 2. The van der Waals surface area contributed by atoms with Gasteiger partial charge in [0.15, 0.2) is 17.4 Å². The van der Waals surface area contributed by atoms with Crippen LogP contribution in [0.25, 0.3) is 0 Å². The molecule has 1 aromatic heterocycles. The third kappa shape index (κ3) is 5.40. The van der Waals surface area contributed by atoms with Crippen LogP contribution < -0.4 is 10.6 Å². The molecule has 0 saturated heterocycles. The lowest BCUT2D eigenvalue weighted by Gasteiger charge is -2.05. The van der Waals surface area contributed by atoms with E-state index < -0.39 is 18.5 Å². The molecule has 0 aliphatic rings. The van der Waals surface area contributed by atoms with E-state index in [-0.39, 0.29) is 5.69 Å². The van der Waals surface area contributed by atoms with Crippen LogP contribution >= 0.6 is 11.3 Å². The monoisotopic (exact) mass is 392 g/mol. The van der Waals surface area contributed by atoms with Crippen LogP contribution in [0.15, 0.2) is 60.0 Å². The van der Waals surface area contributed by atoms with Crippen LogP contribution in [0.3, 0.4) is 0 Å². The molecule has 0 bridgehead atoms. The van der Waals surface area contributed by atoms with Crippen LogP contribution in [0.2, 0.25) is 0 Å². The molecule has 3 aromatic rings. The first-order chi connectivity index (χ1) is 13.6. The largest absolute Gasteiger partial charge is 0.451 e. The van der Waals surface area contributed by atoms with Crippen LogP contribution in [0.1, 0.15) is 21.6 Å². The number of ether oxygens (including phenoxy) is 1. The zero-order chi connectivity index (χ0) is 19.8. The molecule has 8 heteroatoms. The smallest absolute Gasteiger partial charge is 0.358 e. The Labute approximate surface area is 165 Å². The van der Waals surface area contributed by atoms with E-state index in [2.05, 4.69) is 15.6 Å². The van der Waals surface area contributed by atoms with Gasteiger partial charge in [-0.3, -0.25) is 4.79 Å². The van der Waals surface area contributed by atoms with Gasteiger partial charge in [0.25, 0.3) is 5.91 Å². The number of nitrogens with one attached hydrogen (secondary N) is 2. The fourth-order valence-corrected chi connectivity index (χ4v) is 2.93. The molecule has 0 atom stereocenters. The minimum atomic E-state index is -0.668. The van der Waals surface area contributed by atoms with Crippen LogP contribution in [0.4, 0.5) is 10.8 Å². The number of carbonyl (C=O) groups is 2. The van der Waals surface area contributed by atoms with Gasteiger partial charge in [-0.15, -0.1) is 11.3 Å². The highest BCUT2D eigenvalue weighted by Gasteiger charge is 2.14. The minimum absolute atomic E-state index is 0.145. The van der Waals surface area contributed by atoms with E-state index in [1.165, 1.54) is 11.3 Å². The number of hydrogen-bond acceptors (Lipinski definition) is 7. The molecule has 3 rings (SSSR count). The molecule has 0 fully saturated rings. The first-order valence-electron chi connectivity index (χ1n) is 8.34. The van der Waals surface area contributed by atoms with Crippen molar-refractivity contribution in [3.8, 4) is 6.07 Å². The third-order valence-electron chi connectivity index (χ3n) is 3.63. The number of nitriles is 1. The fraction of sp³-hybridized carbons (Fsp3) is 0.100. The van der Waals surface area contributed by atoms with Crippen LogP contribution in [-0.2, 0) is 16.1 Å². The Bertz CT molecular complexity index is 994. The molecule has 0 saturated carbocycles. The summed E-state index contributed by atoms with van der Waals surface area (Å²) in [7, 11) is 0. The second kappa shape index (κ2) is 9.30. The molecule has 0 unspecified atom stereocenters. The van der Waals surface area contributed by atoms with E-state index in [4.69, 9.17) is 10.00 Å². The molecule has 7 nitrogen and oxygen atoms in total. The van der Waals surface area contributed by atoms with Crippen molar-refractivity contribution >= 4 is 34.0 Å². The Morgan fingerprint density at radius 1 is 1.11 bits per heavy atom. The molecule has 1 heterocycles. The average molecular weight is 392 g/mol. The molecule has 0 aliphatic carbocycles. The third-order valence-corrected chi connectivity index (χ3v) is 4.43. The van der Waals surface area contributed by atoms with Crippen molar-refractivity contribution in [3.05, 3.63) is 76.8 Å². The van der Waals surface area contributed by atoms with Crippen molar-refractivity contribution in [1.82, 2.24) is 4.98 Å². The normalized spacial score (nSPS) is 9.96. The van der Waals surface area contributed by atoms with Crippen molar-refractivity contribution in [2.45, 2.75) is 6.54 Å². The summed E-state index contributed by atoms with van der Waals surface area (Å²) in [5, 5.41) is 16.7. The summed E-state index contributed by atoms with van der Waals surface area (Å²) in [4.78, 5) is 28.1. The molecule has 2 aromatic carbocycles. The Kier molecular flexibility index (Phi) is 6.33. The Morgan fingerprint density at radius 3 is 2.57 bits per heavy atom. The molecule has 140 valence electrons.